The Hall–Kier alpha value is -3.81. The minimum absolute atomic E-state index is 0.0194. The molecule has 36 heavy (non-hydrogen) atoms. The number of sulfone groups is 1. The maximum absolute atomic E-state index is 15.2. The number of carbonyl (C=O) groups excluding carboxylic acids is 1. The molecular formula is C25H19ClFN5O3S. The molecule has 0 bridgehead atoms. The van der Waals surface area contributed by atoms with Gasteiger partial charge in [-0.05, 0) is 37.6 Å². The zero-order valence-electron chi connectivity index (χ0n) is 19.0. The molecule has 182 valence electrons. The number of nitrogens with zero attached hydrogens (tertiary/aromatic N) is 4. The van der Waals surface area contributed by atoms with E-state index in [0.717, 1.165) is 0 Å². The second kappa shape index (κ2) is 9.00. The van der Waals surface area contributed by atoms with E-state index in [9.17, 15) is 18.5 Å². The number of fused-ring (bicyclic) bond motifs is 1. The highest BCUT2D eigenvalue weighted by Gasteiger charge is 2.31. The Balaban J connectivity index is 1.73. The number of benzene rings is 2. The van der Waals surface area contributed by atoms with Gasteiger partial charge in [0.2, 0.25) is 0 Å². The van der Waals surface area contributed by atoms with E-state index in [1.807, 2.05) is 0 Å². The van der Waals surface area contributed by atoms with Crippen molar-refractivity contribution >= 4 is 33.0 Å². The lowest BCUT2D eigenvalue weighted by atomic mass is 9.96. The van der Waals surface area contributed by atoms with Gasteiger partial charge >= 0.3 is 0 Å². The van der Waals surface area contributed by atoms with E-state index in [-0.39, 0.29) is 33.3 Å². The van der Waals surface area contributed by atoms with E-state index >= 15 is 4.39 Å². The molecule has 2 aromatic carbocycles. The van der Waals surface area contributed by atoms with Crippen LogP contribution >= 0.6 is 11.6 Å². The van der Waals surface area contributed by atoms with Crippen LogP contribution in [-0.4, -0.2) is 46.5 Å². The van der Waals surface area contributed by atoms with Gasteiger partial charge in [-0.15, -0.1) is 0 Å². The highest BCUT2D eigenvalue weighted by Crippen LogP contribution is 2.36. The van der Waals surface area contributed by atoms with Crippen molar-refractivity contribution in [2.75, 3.05) is 11.5 Å². The monoisotopic (exact) mass is 523 g/mol. The highest BCUT2D eigenvalue weighted by molar-refractivity contribution is 7.91. The van der Waals surface area contributed by atoms with Crippen molar-refractivity contribution in [3.63, 3.8) is 0 Å². The van der Waals surface area contributed by atoms with Crippen LogP contribution in [0.3, 0.4) is 0 Å². The van der Waals surface area contributed by atoms with Gasteiger partial charge in [0.05, 0.1) is 34.5 Å². The first-order valence-electron chi connectivity index (χ1n) is 11.0. The predicted molar refractivity (Wildman–Crippen MR) is 133 cm³/mol. The summed E-state index contributed by atoms with van der Waals surface area (Å²) in [6.45, 7) is 1.62. The van der Waals surface area contributed by atoms with Gasteiger partial charge in [-0.25, -0.2) is 22.3 Å². The lowest BCUT2D eigenvalue weighted by Gasteiger charge is -2.14. The van der Waals surface area contributed by atoms with Gasteiger partial charge in [0, 0.05) is 34.0 Å². The maximum atomic E-state index is 15.2. The molecule has 1 aliphatic heterocycles. The summed E-state index contributed by atoms with van der Waals surface area (Å²) in [6, 6.07) is 12.7. The fraction of sp³-hybridized carbons (Fsp3) is 0.200. The van der Waals surface area contributed by atoms with Crippen LogP contribution in [0.2, 0.25) is 5.02 Å². The summed E-state index contributed by atoms with van der Waals surface area (Å²) in [5, 5.41) is 17.1. The fourth-order valence-corrected chi connectivity index (χ4v) is 6.31. The van der Waals surface area contributed by atoms with E-state index in [2.05, 4.69) is 21.5 Å². The number of aromatic nitrogens is 3. The largest absolute Gasteiger partial charge is 0.348 e. The molecule has 3 heterocycles. The third-order valence-corrected chi connectivity index (χ3v) is 8.14. The Morgan fingerprint density at radius 1 is 1.22 bits per heavy atom. The number of halogens is 2. The Bertz CT molecular complexity index is 1690. The number of amides is 1. The summed E-state index contributed by atoms with van der Waals surface area (Å²) in [6.07, 6.45) is 1.81. The number of carbonyl (C=O) groups is 1. The minimum Gasteiger partial charge on any atom is -0.348 e. The first-order valence-corrected chi connectivity index (χ1v) is 13.2. The number of nitrogens with one attached hydrogen (secondary N) is 1. The number of aryl methyl sites for hydroxylation is 1. The molecule has 1 saturated heterocycles. The van der Waals surface area contributed by atoms with Crippen LogP contribution in [0.15, 0.2) is 48.7 Å². The van der Waals surface area contributed by atoms with Crippen LogP contribution in [-0.2, 0) is 9.84 Å². The second-order valence-electron chi connectivity index (χ2n) is 8.57. The van der Waals surface area contributed by atoms with Crippen molar-refractivity contribution in [3.8, 4) is 28.5 Å². The van der Waals surface area contributed by atoms with Crippen LogP contribution in [0.4, 0.5) is 4.39 Å². The van der Waals surface area contributed by atoms with Gasteiger partial charge in [0.1, 0.15) is 11.4 Å². The summed E-state index contributed by atoms with van der Waals surface area (Å²) < 4.78 is 40.2. The summed E-state index contributed by atoms with van der Waals surface area (Å²) >= 11 is 5.99. The lowest BCUT2D eigenvalue weighted by molar-refractivity contribution is 0.0942. The first kappa shape index (κ1) is 23.9. The van der Waals surface area contributed by atoms with Gasteiger partial charge in [-0.2, -0.15) is 10.4 Å². The Morgan fingerprint density at radius 2 is 2.00 bits per heavy atom. The van der Waals surface area contributed by atoms with Crippen molar-refractivity contribution in [1.82, 2.24) is 19.9 Å². The van der Waals surface area contributed by atoms with E-state index < -0.39 is 27.6 Å². The van der Waals surface area contributed by atoms with Crippen molar-refractivity contribution in [2.45, 2.75) is 19.4 Å². The summed E-state index contributed by atoms with van der Waals surface area (Å²) in [7, 11) is -3.19. The molecule has 1 N–H and O–H groups in total. The molecule has 1 fully saturated rings. The molecule has 1 unspecified atom stereocenters. The minimum atomic E-state index is -3.19. The number of nitriles is 1. The summed E-state index contributed by atoms with van der Waals surface area (Å²) in [5.41, 5.74) is 2.45. The van der Waals surface area contributed by atoms with Crippen molar-refractivity contribution in [2.24, 2.45) is 0 Å². The number of hydrogen-bond acceptors (Lipinski definition) is 6. The van der Waals surface area contributed by atoms with Gasteiger partial charge in [-0.1, -0.05) is 29.8 Å². The third kappa shape index (κ3) is 4.21. The lowest BCUT2D eigenvalue weighted by Crippen LogP contribution is -2.35. The topological polar surface area (TPSA) is 117 Å². The zero-order valence-corrected chi connectivity index (χ0v) is 20.6. The molecule has 0 radical (unpaired) electrons. The molecule has 0 aliphatic carbocycles. The first-order chi connectivity index (χ1) is 17.2. The average Bonchev–Trinajstić information content (AvgIpc) is 3.36. The van der Waals surface area contributed by atoms with E-state index in [0.29, 0.717) is 34.5 Å². The highest BCUT2D eigenvalue weighted by atomic mass is 35.5. The maximum Gasteiger partial charge on any atom is 0.257 e. The van der Waals surface area contributed by atoms with Crippen LogP contribution in [0.5, 0.6) is 0 Å². The molecule has 8 nitrogen and oxygen atoms in total. The van der Waals surface area contributed by atoms with Crippen LogP contribution in [0.25, 0.3) is 28.0 Å². The van der Waals surface area contributed by atoms with Gasteiger partial charge in [0.15, 0.2) is 15.5 Å². The molecule has 1 aliphatic rings. The van der Waals surface area contributed by atoms with Gasteiger partial charge < -0.3 is 5.32 Å². The molecule has 0 spiro atoms. The molecule has 11 heteroatoms. The summed E-state index contributed by atoms with van der Waals surface area (Å²) in [5.74, 6) is -1.22. The third-order valence-electron chi connectivity index (χ3n) is 6.14. The Labute approximate surface area is 211 Å². The molecule has 2 aromatic heterocycles. The molecule has 1 atom stereocenters. The van der Waals surface area contributed by atoms with E-state index in [1.54, 1.807) is 31.2 Å². The molecule has 4 aromatic rings. The fourth-order valence-electron chi connectivity index (χ4n) is 4.48. The van der Waals surface area contributed by atoms with Gasteiger partial charge in [-0.3, -0.25) is 4.79 Å². The zero-order chi connectivity index (χ0) is 25.6. The second-order valence-corrected chi connectivity index (χ2v) is 11.2. The van der Waals surface area contributed by atoms with Crippen molar-refractivity contribution in [1.29, 1.82) is 5.26 Å². The standard InChI is InChI=1S/C25H19ClFN5O3S/c1-14-22(25(33)30-17-8-9-36(34,35)13-17)24-29-12-20(18-5-3-2-4-15(18)11-28)23(32(24)31-14)19-7-6-16(26)10-21(19)27/h2-7,10,12,17H,8-9,13H2,1H3,(H,30,33). The van der Waals surface area contributed by atoms with Gasteiger partial charge in [0.25, 0.3) is 5.91 Å². The van der Waals surface area contributed by atoms with E-state index in [1.165, 1.54) is 28.9 Å². The van der Waals surface area contributed by atoms with Crippen molar-refractivity contribution in [3.05, 3.63) is 76.3 Å². The normalized spacial score (nSPS) is 16.7. The average molecular weight is 524 g/mol. The SMILES string of the molecule is Cc1nn2c(-c3ccc(Cl)cc3F)c(-c3ccccc3C#N)cnc2c1C(=O)NC1CCS(=O)(=O)C1. The smallest absolute Gasteiger partial charge is 0.257 e. The van der Waals surface area contributed by atoms with E-state index in [4.69, 9.17) is 11.6 Å². The number of hydrogen-bond donors (Lipinski definition) is 1. The van der Waals surface area contributed by atoms with Crippen LogP contribution < -0.4 is 5.32 Å². The molecule has 1 amide bonds. The van der Waals surface area contributed by atoms with Crippen LogP contribution in [0, 0.1) is 24.1 Å². The van der Waals surface area contributed by atoms with Crippen molar-refractivity contribution < 1.29 is 17.6 Å². The van der Waals surface area contributed by atoms with Crippen LogP contribution in [0.1, 0.15) is 28.0 Å². The quantitative estimate of drug-likeness (QED) is 0.433. The number of rotatable bonds is 4. The molecule has 5 rings (SSSR count). The summed E-state index contributed by atoms with van der Waals surface area (Å²) in [4.78, 5) is 17.7. The molecule has 0 saturated carbocycles. The Kier molecular flexibility index (Phi) is 5.98. The Morgan fingerprint density at radius 3 is 2.69 bits per heavy atom. The molecular weight excluding hydrogens is 505 g/mol. The predicted octanol–water partition coefficient (Wildman–Crippen LogP) is 3.95.